The molecule has 5 N–H and O–H groups in total. The van der Waals surface area contributed by atoms with Gasteiger partial charge in [0.15, 0.2) is 0 Å². The molecule has 1 aliphatic heterocycles. The van der Waals surface area contributed by atoms with Crippen molar-refractivity contribution in [3.8, 4) is 0 Å². The number of carbonyl (C=O) groups is 1. The molecule has 0 aromatic carbocycles. The highest BCUT2D eigenvalue weighted by molar-refractivity contribution is 5.74. The van der Waals surface area contributed by atoms with Gasteiger partial charge in [-0.3, -0.25) is 10.2 Å². The van der Waals surface area contributed by atoms with E-state index in [1.807, 2.05) is 5.01 Å². The van der Waals surface area contributed by atoms with Crippen molar-refractivity contribution in [2.24, 2.45) is 11.5 Å². The van der Waals surface area contributed by atoms with Gasteiger partial charge in [0.25, 0.3) is 0 Å². The van der Waals surface area contributed by atoms with E-state index in [9.17, 15) is 4.79 Å². The first-order valence-corrected chi connectivity index (χ1v) is 4.79. The third-order valence-corrected chi connectivity index (χ3v) is 2.11. The quantitative estimate of drug-likeness (QED) is 0.480. The van der Waals surface area contributed by atoms with E-state index in [2.05, 4.69) is 5.43 Å². The van der Waals surface area contributed by atoms with Gasteiger partial charge in [0.2, 0.25) is 5.91 Å². The number of hydrogen-bond donors (Lipinski definition) is 3. The van der Waals surface area contributed by atoms with E-state index in [1.165, 1.54) is 0 Å². The lowest BCUT2D eigenvalue weighted by Gasteiger charge is -2.30. The van der Waals surface area contributed by atoms with Crippen LogP contribution in [-0.2, 0) is 9.53 Å². The van der Waals surface area contributed by atoms with E-state index >= 15 is 0 Å². The Bertz CT molecular complexity index is 182. The van der Waals surface area contributed by atoms with Crippen molar-refractivity contribution in [3.63, 3.8) is 0 Å². The second-order valence-corrected chi connectivity index (χ2v) is 3.33. The zero-order chi connectivity index (χ0) is 10.4. The lowest BCUT2D eigenvalue weighted by Crippen LogP contribution is -2.53. The summed E-state index contributed by atoms with van der Waals surface area (Å²) in [5.74, 6) is -0.332. The largest absolute Gasteiger partial charge is 0.379 e. The van der Waals surface area contributed by atoms with Gasteiger partial charge in [-0.2, -0.15) is 0 Å². The van der Waals surface area contributed by atoms with Gasteiger partial charge in [-0.25, -0.2) is 5.01 Å². The monoisotopic (exact) mass is 202 g/mol. The Morgan fingerprint density at radius 2 is 2.14 bits per heavy atom. The lowest BCUT2D eigenvalue weighted by molar-refractivity contribution is -0.118. The number of carbonyl (C=O) groups excluding carboxylic acids is 1. The van der Waals surface area contributed by atoms with E-state index in [0.717, 1.165) is 13.1 Å². The molecule has 82 valence electrons. The van der Waals surface area contributed by atoms with Crippen LogP contribution in [0.4, 0.5) is 0 Å². The lowest BCUT2D eigenvalue weighted by atomic mass is 10.2. The highest BCUT2D eigenvalue weighted by Gasteiger charge is 2.16. The number of hydrazine groups is 1. The van der Waals surface area contributed by atoms with E-state index in [-0.39, 0.29) is 18.4 Å². The summed E-state index contributed by atoms with van der Waals surface area (Å²) in [6.07, 6.45) is 0.272. The molecule has 0 aliphatic carbocycles. The van der Waals surface area contributed by atoms with Crippen LogP contribution in [0.25, 0.3) is 0 Å². The standard InChI is InChI=1S/C8H18N4O2/c9-6-7(5-8(10)13)11-12-1-3-14-4-2-12/h7,11H,1-6,9H2,(H2,10,13). The van der Waals surface area contributed by atoms with Crippen LogP contribution in [0.15, 0.2) is 0 Å². The molecule has 0 aromatic heterocycles. The van der Waals surface area contributed by atoms with Crippen molar-refractivity contribution in [1.29, 1.82) is 0 Å². The van der Waals surface area contributed by atoms with Crippen LogP contribution in [0.1, 0.15) is 6.42 Å². The molecule has 0 aromatic rings. The molecule has 6 nitrogen and oxygen atoms in total. The Hall–Kier alpha value is -0.690. The topological polar surface area (TPSA) is 93.6 Å². The fourth-order valence-electron chi connectivity index (χ4n) is 1.38. The SMILES string of the molecule is NCC(CC(N)=O)NN1CCOCC1. The Morgan fingerprint density at radius 3 is 2.64 bits per heavy atom. The number of hydrogen-bond acceptors (Lipinski definition) is 5. The molecule has 1 heterocycles. The summed E-state index contributed by atoms with van der Waals surface area (Å²) in [6.45, 7) is 3.45. The minimum Gasteiger partial charge on any atom is -0.379 e. The number of nitrogens with zero attached hydrogens (tertiary/aromatic N) is 1. The minimum absolute atomic E-state index is 0.0643. The number of primary amides is 1. The molecular formula is C8H18N4O2. The maximum absolute atomic E-state index is 10.7. The van der Waals surface area contributed by atoms with Crippen molar-refractivity contribution >= 4 is 5.91 Å². The van der Waals surface area contributed by atoms with Crippen LogP contribution in [0.3, 0.4) is 0 Å². The Morgan fingerprint density at radius 1 is 1.50 bits per heavy atom. The third-order valence-electron chi connectivity index (χ3n) is 2.11. The fourth-order valence-corrected chi connectivity index (χ4v) is 1.38. The van der Waals surface area contributed by atoms with Crippen molar-refractivity contribution in [2.45, 2.75) is 12.5 Å². The molecule has 1 amide bonds. The predicted molar refractivity (Wildman–Crippen MR) is 52.2 cm³/mol. The number of ether oxygens (including phenoxy) is 1. The van der Waals surface area contributed by atoms with Crippen LogP contribution in [0.5, 0.6) is 0 Å². The molecule has 14 heavy (non-hydrogen) atoms. The van der Waals surface area contributed by atoms with Gasteiger partial charge in [-0.05, 0) is 0 Å². The molecule has 0 saturated carbocycles. The summed E-state index contributed by atoms with van der Waals surface area (Å²) in [5, 5.41) is 2.02. The molecule has 1 aliphatic rings. The molecule has 0 bridgehead atoms. The molecule has 1 rings (SSSR count). The summed E-state index contributed by atoms with van der Waals surface area (Å²) in [5.41, 5.74) is 13.8. The van der Waals surface area contributed by atoms with Crippen molar-refractivity contribution < 1.29 is 9.53 Å². The molecule has 0 spiro atoms. The zero-order valence-electron chi connectivity index (χ0n) is 8.24. The van der Waals surface area contributed by atoms with Gasteiger partial charge in [-0.1, -0.05) is 0 Å². The third kappa shape index (κ3) is 4.01. The molecule has 6 heteroatoms. The van der Waals surface area contributed by atoms with Gasteiger partial charge >= 0.3 is 0 Å². The Balaban J connectivity index is 2.27. The maximum Gasteiger partial charge on any atom is 0.219 e. The van der Waals surface area contributed by atoms with Crippen LogP contribution < -0.4 is 16.9 Å². The molecule has 1 fully saturated rings. The normalized spacial score (nSPS) is 20.6. The van der Waals surface area contributed by atoms with Gasteiger partial charge < -0.3 is 16.2 Å². The molecule has 1 unspecified atom stereocenters. The zero-order valence-corrected chi connectivity index (χ0v) is 8.24. The molecule has 1 atom stereocenters. The van der Waals surface area contributed by atoms with E-state index in [0.29, 0.717) is 19.8 Å². The van der Waals surface area contributed by atoms with Crippen LogP contribution in [0, 0.1) is 0 Å². The smallest absolute Gasteiger partial charge is 0.219 e. The Labute approximate surface area is 83.5 Å². The van der Waals surface area contributed by atoms with Gasteiger partial charge in [0.05, 0.1) is 13.2 Å². The first-order valence-electron chi connectivity index (χ1n) is 4.79. The first-order chi connectivity index (χ1) is 6.72. The molecule has 0 radical (unpaired) electrons. The summed E-state index contributed by atoms with van der Waals surface area (Å²) < 4.78 is 5.19. The number of nitrogens with two attached hydrogens (primary N) is 2. The van der Waals surface area contributed by atoms with Crippen LogP contribution >= 0.6 is 0 Å². The predicted octanol–water partition coefficient (Wildman–Crippen LogP) is -1.97. The second-order valence-electron chi connectivity index (χ2n) is 3.33. The van der Waals surface area contributed by atoms with Gasteiger partial charge in [0.1, 0.15) is 0 Å². The summed E-state index contributed by atoms with van der Waals surface area (Å²) in [6, 6.07) is -0.0643. The fraction of sp³-hybridized carbons (Fsp3) is 0.875. The summed E-state index contributed by atoms with van der Waals surface area (Å²) in [4.78, 5) is 10.7. The second kappa shape index (κ2) is 5.92. The molecule has 1 saturated heterocycles. The van der Waals surface area contributed by atoms with E-state index in [4.69, 9.17) is 16.2 Å². The van der Waals surface area contributed by atoms with Crippen molar-refractivity contribution in [3.05, 3.63) is 0 Å². The summed E-state index contributed by atoms with van der Waals surface area (Å²) in [7, 11) is 0. The van der Waals surface area contributed by atoms with Crippen LogP contribution in [-0.4, -0.2) is 49.8 Å². The average molecular weight is 202 g/mol. The maximum atomic E-state index is 10.7. The van der Waals surface area contributed by atoms with E-state index in [1.54, 1.807) is 0 Å². The molecular weight excluding hydrogens is 184 g/mol. The minimum atomic E-state index is -0.332. The number of nitrogens with one attached hydrogen (secondary N) is 1. The average Bonchev–Trinajstić information content (AvgIpc) is 2.17. The number of rotatable bonds is 5. The van der Waals surface area contributed by atoms with Gasteiger partial charge in [0, 0.05) is 32.1 Å². The Kier molecular flexibility index (Phi) is 4.81. The number of amides is 1. The highest BCUT2D eigenvalue weighted by atomic mass is 16.5. The van der Waals surface area contributed by atoms with Crippen molar-refractivity contribution in [1.82, 2.24) is 10.4 Å². The van der Waals surface area contributed by atoms with Crippen LogP contribution in [0.2, 0.25) is 0 Å². The first kappa shape index (κ1) is 11.4. The van der Waals surface area contributed by atoms with Crippen molar-refractivity contribution in [2.75, 3.05) is 32.8 Å². The number of morpholine rings is 1. The van der Waals surface area contributed by atoms with Gasteiger partial charge in [-0.15, -0.1) is 0 Å². The van der Waals surface area contributed by atoms with E-state index < -0.39 is 0 Å². The summed E-state index contributed by atoms with van der Waals surface area (Å²) >= 11 is 0. The highest BCUT2D eigenvalue weighted by Crippen LogP contribution is 1.96.